The molecule has 2 rings (SSSR count). The Bertz CT molecular complexity index is 765. The van der Waals surface area contributed by atoms with Gasteiger partial charge in [-0.3, -0.25) is 9.59 Å². The van der Waals surface area contributed by atoms with Gasteiger partial charge >= 0.3 is 5.97 Å². The van der Waals surface area contributed by atoms with Crippen molar-refractivity contribution >= 4 is 17.8 Å². The molecule has 1 N–H and O–H groups in total. The Morgan fingerprint density at radius 1 is 1.15 bits per heavy atom. The number of carbonyl (C=O) groups is 2. The van der Waals surface area contributed by atoms with Crippen molar-refractivity contribution in [3.8, 4) is 0 Å². The Balaban J connectivity index is 0.000000819. The summed E-state index contributed by atoms with van der Waals surface area (Å²) in [6, 6.07) is 0. The van der Waals surface area contributed by atoms with Gasteiger partial charge < -0.3 is 14.3 Å². The quantitative estimate of drug-likeness (QED) is 0.357. The van der Waals surface area contributed by atoms with E-state index in [0.29, 0.717) is 24.8 Å². The molecule has 0 saturated heterocycles. The highest BCUT2D eigenvalue weighted by molar-refractivity contribution is 5.84. The number of aliphatic hydroxyl groups is 1. The van der Waals surface area contributed by atoms with Crippen molar-refractivity contribution in [2.24, 2.45) is 17.8 Å². The van der Waals surface area contributed by atoms with E-state index < -0.39 is 18.0 Å². The molecule has 194 valence electrons. The summed E-state index contributed by atoms with van der Waals surface area (Å²) in [7, 11) is 0. The van der Waals surface area contributed by atoms with Gasteiger partial charge in [0.05, 0.1) is 19.1 Å². The number of aliphatic hydroxyl groups excluding tert-OH is 1. The second-order valence-corrected chi connectivity index (χ2v) is 8.95. The van der Waals surface area contributed by atoms with E-state index in [2.05, 4.69) is 24.9 Å². The number of ketones is 1. The molecule has 34 heavy (non-hydrogen) atoms. The lowest BCUT2D eigenvalue weighted by Gasteiger charge is -2.23. The normalized spacial score (nSPS) is 26.9. The van der Waals surface area contributed by atoms with Crippen molar-refractivity contribution in [2.45, 2.75) is 100 Å². The average Bonchev–Trinajstić information content (AvgIpc) is 3.21. The van der Waals surface area contributed by atoms with E-state index >= 15 is 0 Å². The van der Waals surface area contributed by atoms with Crippen molar-refractivity contribution in [1.82, 2.24) is 4.98 Å². The molecule has 1 aliphatic heterocycles. The van der Waals surface area contributed by atoms with E-state index in [1.54, 1.807) is 13.2 Å². The lowest BCUT2D eigenvalue weighted by molar-refractivity contribution is -0.147. The minimum atomic E-state index is -0.960. The van der Waals surface area contributed by atoms with Gasteiger partial charge in [0.1, 0.15) is 17.7 Å². The van der Waals surface area contributed by atoms with Crippen LogP contribution in [0.4, 0.5) is 0 Å². The van der Waals surface area contributed by atoms with Crippen LogP contribution in [0.25, 0.3) is 6.08 Å². The van der Waals surface area contributed by atoms with Gasteiger partial charge in [-0.2, -0.15) is 0 Å². The summed E-state index contributed by atoms with van der Waals surface area (Å²) in [5.74, 6) is 0.193. The SMILES string of the molecule is C/C1=C/CCOC(=O)CC(O)C(C)C(=O)C(C)CC(C)CCC1.C/C=C\c1coc(C)n1.CC. The summed E-state index contributed by atoms with van der Waals surface area (Å²) in [5, 5.41) is 10.1. The number of aromatic nitrogens is 1. The molecule has 2 heterocycles. The number of ether oxygens (including phenoxy) is 1. The smallest absolute Gasteiger partial charge is 0.308 e. The number of hydrogen-bond donors (Lipinski definition) is 1. The van der Waals surface area contributed by atoms with Gasteiger partial charge in [0.25, 0.3) is 0 Å². The van der Waals surface area contributed by atoms with Crippen LogP contribution >= 0.6 is 0 Å². The first-order valence-electron chi connectivity index (χ1n) is 12.7. The third kappa shape index (κ3) is 13.5. The number of oxazole rings is 1. The highest BCUT2D eigenvalue weighted by atomic mass is 16.5. The van der Waals surface area contributed by atoms with Crippen LogP contribution in [-0.2, 0) is 14.3 Å². The van der Waals surface area contributed by atoms with Crippen molar-refractivity contribution in [3.63, 3.8) is 0 Å². The number of aryl methyl sites for hydroxylation is 1. The van der Waals surface area contributed by atoms with Crippen LogP contribution in [0.1, 0.15) is 98.6 Å². The molecular weight excluding hydrogens is 430 g/mol. The zero-order valence-electron chi connectivity index (χ0n) is 22.6. The summed E-state index contributed by atoms with van der Waals surface area (Å²) in [5.41, 5.74) is 2.20. The highest BCUT2D eigenvalue weighted by Crippen LogP contribution is 2.24. The zero-order chi connectivity index (χ0) is 26.1. The average molecular weight is 478 g/mol. The van der Waals surface area contributed by atoms with Gasteiger partial charge in [-0.25, -0.2) is 4.98 Å². The van der Waals surface area contributed by atoms with Crippen LogP contribution in [0.5, 0.6) is 0 Å². The third-order valence-corrected chi connectivity index (χ3v) is 5.76. The maximum absolute atomic E-state index is 12.4. The molecule has 0 radical (unpaired) electrons. The number of rotatable bonds is 1. The van der Waals surface area contributed by atoms with Gasteiger partial charge in [0.15, 0.2) is 5.89 Å². The molecule has 1 aromatic rings. The molecule has 0 bridgehead atoms. The van der Waals surface area contributed by atoms with Crippen molar-refractivity contribution in [3.05, 3.63) is 35.6 Å². The molecule has 0 saturated carbocycles. The van der Waals surface area contributed by atoms with Crippen LogP contribution in [0.2, 0.25) is 0 Å². The summed E-state index contributed by atoms with van der Waals surface area (Å²) >= 11 is 0. The van der Waals surface area contributed by atoms with E-state index in [0.717, 1.165) is 31.4 Å². The van der Waals surface area contributed by atoms with Crippen LogP contribution in [0.15, 0.2) is 28.4 Å². The Hall–Kier alpha value is -2.21. The van der Waals surface area contributed by atoms with E-state index in [1.165, 1.54) is 5.57 Å². The fraction of sp³-hybridized carbons (Fsp3) is 0.679. The minimum absolute atomic E-state index is 0.0420. The Labute approximate surface area is 206 Å². The molecule has 6 nitrogen and oxygen atoms in total. The summed E-state index contributed by atoms with van der Waals surface area (Å²) in [6.07, 6.45) is 11.3. The molecule has 0 aromatic carbocycles. The van der Waals surface area contributed by atoms with Crippen LogP contribution in [0.3, 0.4) is 0 Å². The molecule has 4 unspecified atom stereocenters. The number of hydrogen-bond acceptors (Lipinski definition) is 6. The van der Waals surface area contributed by atoms with E-state index in [9.17, 15) is 14.7 Å². The fourth-order valence-electron chi connectivity index (χ4n) is 3.82. The van der Waals surface area contributed by atoms with Gasteiger partial charge in [-0.05, 0) is 51.5 Å². The van der Waals surface area contributed by atoms with E-state index in [-0.39, 0.29) is 18.1 Å². The molecule has 1 aromatic heterocycles. The van der Waals surface area contributed by atoms with Crippen molar-refractivity contribution in [2.75, 3.05) is 6.61 Å². The lowest BCUT2D eigenvalue weighted by Crippen LogP contribution is -2.32. The predicted octanol–water partition coefficient (Wildman–Crippen LogP) is 6.71. The van der Waals surface area contributed by atoms with Crippen LogP contribution in [0, 0.1) is 24.7 Å². The van der Waals surface area contributed by atoms with Crippen molar-refractivity contribution in [1.29, 1.82) is 0 Å². The topological polar surface area (TPSA) is 89.6 Å². The number of nitrogens with zero attached hydrogens (tertiary/aromatic N) is 1. The Kier molecular flexibility index (Phi) is 17.0. The number of allylic oxidation sites excluding steroid dienone is 2. The molecule has 4 atom stereocenters. The number of carbonyl (C=O) groups excluding carboxylic acids is 2. The number of cyclic esters (lactones) is 1. The molecular formula is C28H47NO5. The Morgan fingerprint density at radius 2 is 1.82 bits per heavy atom. The largest absolute Gasteiger partial charge is 0.465 e. The fourth-order valence-corrected chi connectivity index (χ4v) is 3.82. The summed E-state index contributed by atoms with van der Waals surface area (Å²) in [4.78, 5) is 28.2. The summed E-state index contributed by atoms with van der Waals surface area (Å²) in [6.45, 7) is 16.0. The third-order valence-electron chi connectivity index (χ3n) is 5.76. The monoisotopic (exact) mass is 477 g/mol. The number of Topliss-reactive ketones (excluding diaryl/α,β-unsaturated/α-hetero) is 1. The van der Waals surface area contributed by atoms with Crippen LogP contribution < -0.4 is 0 Å². The first kappa shape index (κ1) is 31.8. The van der Waals surface area contributed by atoms with Gasteiger partial charge in [-0.15, -0.1) is 0 Å². The van der Waals surface area contributed by atoms with Gasteiger partial charge in [0, 0.05) is 18.8 Å². The van der Waals surface area contributed by atoms with E-state index in [1.807, 2.05) is 46.8 Å². The summed E-state index contributed by atoms with van der Waals surface area (Å²) < 4.78 is 10.1. The minimum Gasteiger partial charge on any atom is -0.465 e. The molecule has 0 amide bonds. The van der Waals surface area contributed by atoms with Gasteiger partial charge in [0.2, 0.25) is 0 Å². The zero-order valence-corrected chi connectivity index (χ0v) is 22.6. The number of esters is 1. The highest BCUT2D eigenvalue weighted by Gasteiger charge is 2.29. The second kappa shape index (κ2) is 18.2. The second-order valence-electron chi connectivity index (χ2n) is 8.95. The molecule has 6 heteroatoms. The van der Waals surface area contributed by atoms with Crippen molar-refractivity contribution < 1.29 is 23.8 Å². The maximum Gasteiger partial charge on any atom is 0.308 e. The van der Waals surface area contributed by atoms with E-state index in [4.69, 9.17) is 9.15 Å². The van der Waals surface area contributed by atoms with Crippen LogP contribution in [-0.4, -0.2) is 34.6 Å². The molecule has 1 aliphatic rings. The molecule has 0 aliphatic carbocycles. The Morgan fingerprint density at radius 3 is 2.41 bits per heavy atom. The first-order valence-corrected chi connectivity index (χ1v) is 12.7. The molecule has 0 spiro atoms. The molecule has 0 fully saturated rings. The predicted molar refractivity (Wildman–Crippen MR) is 138 cm³/mol. The lowest BCUT2D eigenvalue weighted by atomic mass is 9.83. The maximum atomic E-state index is 12.4. The first-order chi connectivity index (χ1) is 16.1. The standard InChI is InChI=1S/C19H32O4.C7H9NO.C2H6/c1-13-7-5-8-14(2)11-15(3)19(22)16(4)17(20)12-18(21)23-10-6-9-13;1-3-4-7-5-9-6(2)8-7;1-2/h9,14-17,20H,5-8,10-12H2,1-4H3;3-5H,1-2H3;1-2H3/b13-9-;4-3-;. The van der Waals surface area contributed by atoms with Gasteiger partial charge in [-0.1, -0.05) is 58.8 Å².